The molecule has 0 aromatic carbocycles. The molecule has 6 nitrogen and oxygen atoms in total. The first-order valence-electron chi connectivity index (χ1n) is 7.14. The summed E-state index contributed by atoms with van der Waals surface area (Å²) in [6.45, 7) is 0. The first-order valence-corrected chi connectivity index (χ1v) is 7.14. The Morgan fingerprint density at radius 1 is 1.40 bits per heavy atom. The van der Waals surface area contributed by atoms with Gasteiger partial charge in [0.1, 0.15) is 6.04 Å². The molecular formula is C14H21N3O3. The number of carbonyl (C=O) groups excluding carboxylic acids is 2. The minimum absolute atomic E-state index is 0.127. The van der Waals surface area contributed by atoms with E-state index in [1.54, 1.807) is 7.05 Å². The molecule has 0 saturated heterocycles. The van der Waals surface area contributed by atoms with Crippen LogP contribution >= 0.6 is 0 Å². The molecule has 0 spiro atoms. The van der Waals surface area contributed by atoms with Gasteiger partial charge in [0.25, 0.3) is 5.91 Å². The Kier molecular flexibility index (Phi) is 5.15. The van der Waals surface area contributed by atoms with E-state index in [4.69, 9.17) is 4.52 Å². The van der Waals surface area contributed by atoms with Crippen molar-refractivity contribution < 1.29 is 14.1 Å². The van der Waals surface area contributed by atoms with Crippen molar-refractivity contribution in [3.05, 3.63) is 18.0 Å². The molecule has 1 aromatic heterocycles. The topological polar surface area (TPSA) is 84.2 Å². The van der Waals surface area contributed by atoms with Crippen molar-refractivity contribution in [2.45, 2.75) is 44.6 Å². The molecule has 1 fully saturated rings. The Morgan fingerprint density at radius 3 is 2.75 bits per heavy atom. The molecule has 110 valence electrons. The van der Waals surface area contributed by atoms with Crippen LogP contribution in [0.4, 0.5) is 0 Å². The Bertz CT molecular complexity index is 439. The van der Waals surface area contributed by atoms with Crippen LogP contribution in [0.25, 0.3) is 0 Å². The van der Waals surface area contributed by atoms with E-state index in [0.717, 1.165) is 12.8 Å². The number of nitrogens with one attached hydrogen (secondary N) is 2. The summed E-state index contributed by atoms with van der Waals surface area (Å²) in [5.74, 6) is 0.0685. The van der Waals surface area contributed by atoms with Crippen LogP contribution in [-0.2, 0) is 4.79 Å². The van der Waals surface area contributed by atoms with Gasteiger partial charge in [-0.3, -0.25) is 9.59 Å². The van der Waals surface area contributed by atoms with Crippen LogP contribution in [0.3, 0.4) is 0 Å². The monoisotopic (exact) mass is 279 g/mol. The molecule has 1 aromatic rings. The van der Waals surface area contributed by atoms with Crippen molar-refractivity contribution in [2.24, 2.45) is 5.92 Å². The van der Waals surface area contributed by atoms with Gasteiger partial charge >= 0.3 is 0 Å². The Hall–Kier alpha value is -1.85. The van der Waals surface area contributed by atoms with Crippen LogP contribution < -0.4 is 10.6 Å². The standard InChI is InChI=1S/C14H21N3O3/c1-15-13(18)11(9-10-5-3-2-4-6-10)17-14(19)12-7-8-16-20-12/h7-8,10-11H,2-6,9H2,1H3,(H,15,18)(H,17,19). The fourth-order valence-corrected chi connectivity index (χ4v) is 2.72. The van der Waals surface area contributed by atoms with Gasteiger partial charge in [0, 0.05) is 13.1 Å². The highest BCUT2D eigenvalue weighted by Gasteiger charge is 2.26. The number of hydrogen-bond donors (Lipinski definition) is 2. The third-order valence-electron chi connectivity index (χ3n) is 3.82. The first-order chi connectivity index (χ1) is 9.70. The van der Waals surface area contributed by atoms with E-state index in [9.17, 15) is 9.59 Å². The Balaban J connectivity index is 1.96. The Labute approximate surface area is 118 Å². The minimum Gasteiger partial charge on any atom is -0.357 e. The van der Waals surface area contributed by atoms with E-state index in [0.29, 0.717) is 12.3 Å². The van der Waals surface area contributed by atoms with Crippen molar-refractivity contribution in [3.8, 4) is 0 Å². The summed E-state index contributed by atoms with van der Waals surface area (Å²) in [4.78, 5) is 23.9. The molecule has 6 heteroatoms. The maximum absolute atomic E-state index is 12.0. The highest BCUT2D eigenvalue weighted by molar-refractivity contribution is 5.95. The molecule has 0 radical (unpaired) electrons. The highest BCUT2D eigenvalue weighted by atomic mass is 16.5. The molecule has 1 unspecified atom stereocenters. The zero-order valence-corrected chi connectivity index (χ0v) is 11.7. The molecule has 2 amide bonds. The summed E-state index contributed by atoms with van der Waals surface area (Å²) in [7, 11) is 1.58. The quantitative estimate of drug-likeness (QED) is 0.855. The lowest BCUT2D eigenvalue weighted by Gasteiger charge is -2.26. The van der Waals surface area contributed by atoms with Gasteiger partial charge in [-0.2, -0.15) is 0 Å². The maximum atomic E-state index is 12.0. The molecule has 20 heavy (non-hydrogen) atoms. The van der Waals surface area contributed by atoms with Gasteiger partial charge in [-0.1, -0.05) is 37.3 Å². The van der Waals surface area contributed by atoms with E-state index in [1.165, 1.54) is 31.5 Å². The summed E-state index contributed by atoms with van der Waals surface area (Å²) in [6, 6.07) is 0.970. The number of aromatic nitrogens is 1. The average Bonchev–Trinajstić information content (AvgIpc) is 3.01. The molecule has 1 aliphatic carbocycles. The van der Waals surface area contributed by atoms with Crippen molar-refractivity contribution in [2.75, 3.05) is 7.05 Å². The van der Waals surface area contributed by atoms with Crippen molar-refractivity contribution in [1.29, 1.82) is 0 Å². The molecule has 2 N–H and O–H groups in total. The molecule has 1 atom stereocenters. The molecule has 2 rings (SSSR count). The lowest BCUT2D eigenvalue weighted by Crippen LogP contribution is -2.46. The minimum atomic E-state index is -0.513. The van der Waals surface area contributed by atoms with Crippen molar-refractivity contribution in [3.63, 3.8) is 0 Å². The van der Waals surface area contributed by atoms with Crippen LogP contribution in [0.2, 0.25) is 0 Å². The summed E-state index contributed by atoms with van der Waals surface area (Å²) >= 11 is 0. The van der Waals surface area contributed by atoms with Gasteiger partial charge < -0.3 is 15.2 Å². The van der Waals surface area contributed by atoms with E-state index >= 15 is 0 Å². The molecule has 1 aliphatic rings. The summed E-state index contributed by atoms with van der Waals surface area (Å²) in [5.41, 5.74) is 0. The van der Waals surface area contributed by atoms with Crippen molar-refractivity contribution >= 4 is 11.8 Å². The largest absolute Gasteiger partial charge is 0.357 e. The molecule has 0 aliphatic heterocycles. The van der Waals surface area contributed by atoms with Crippen LogP contribution in [0.1, 0.15) is 49.1 Å². The van der Waals surface area contributed by atoms with Crippen LogP contribution in [-0.4, -0.2) is 30.1 Å². The van der Waals surface area contributed by atoms with Gasteiger partial charge in [0.05, 0.1) is 6.20 Å². The second-order valence-electron chi connectivity index (χ2n) is 5.26. The summed E-state index contributed by atoms with van der Waals surface area (Å²) in [5, 5.41) is 8.83. The molecule has 1 saturated carbocycles. The van der Waals surface area contributed by atoms with Gasteiger partial charge in [0.2, 0.25) is 11.7 Å². The number of amides is 2. The van der Waals surface area contributed by atoms with Crippen LogP contribution in [0.5, 0.6) is 0 Å². The van der Waals surface area contributed by atoms with Crippen LogP contribution in [0.15, 0.2) is 16.8 Å². The highest BCUT2D eigenvalue weighted by Crippen LogP contribution is 2.27. The molecule has 1 heterocycles. The van der Waals surface area contributed by atoms with Gasteiger partial charge in [-0.15, -0.1) is 0 Å². The van der Waals surface area contributed by atoms with Gasteiger partial charge in [0.15, 0.2) is 0 Å². The predicted molar refractivity (Wildman–Crippen MR) is 73.0 cm³/mol. The SMILES string of the molecule is CNC(=O)C(CC1CCCCC1)NC(=O)c1ccno1. The number of nitrogens with zero attached hydrogens (tertiary/aromatic N) is 1. The van der Waals surface area contributed by atoms with E-state index < -0.39 is 11.9 Å². The number of likely N-dealkylation sites (N-methyl/N-ethyl adjacent to an activating group) is 1. The number of hydrogen-bond acceptors (Lipinski definition) is 4. The third-order valence-corrected chi connectivity index (χ3v) is 3.82. The van der Waals surface area contributed by atoms with Crippen LogP contribution in [0, 0.1) is 5.92 Å². The van der Waals surface area contributed by atoms with E-state index in [2.05, 4.69) is 15.8 Å². The van der Waals surface area contributed by atoms with Gasteiger partial charge in [-0.25, -0.2) is 0 Å². The van der Waals surface area contributed by atoms with E-state index in [-0.39, 0.29) is 11.7 Å². The maximum Gasteiger partial charge on any atom is 0.290 e. The lowest BCUT2D eigenvalue weighted by molar-refractivity contribution is -0.123. The van der Waals surface area contributed by atoms with Gasteiger partial charge in [-0.05, 0) is 12.3 Å². The molecular weight excluding hydrogens is 258 g/mol. The number of rotatable bonds is 5. The summed E-state index contributed by atoms with van der Waals surface area (Å²) in [6.07, 6.45) is 8.04. The second kappa shape index (κ2) is 7.07. The fraction of sp³-hybridized carbons (Fsp3) is 0.643. The predicted octanol–water partition coefficient (Wildman–Crippen LogP) is 1.49. The lowest BCUT2D eigenvalue weighted by atomic mass is 9.84. The van der Waals surface area contributed by atoms with Crippen molar-refractivity contribution in [1.82, 2.24) is 15.8 Å². The molecule has 0 bridgehead atoms. The van der Waals surface area contributed by atoms with E-state index in [1.807, 2.05) is 0 Å². The average molecular weight is 279 g/mol. The second-order valence-corrected chi connectivity index (χ2v) is 5.26. The fourth-order valence-electron chi connectivity index (χ4n) is 2.72. The smallest absolute Gasteiger partial charge is 0.290 e. The summed E-state index contributed by atoms with van der Waals surface area (Å²) < 4.78 is 4.81. The normalized spacial score (nSPS) is 17.4. The zero-order valence-electron chi connectivity index (χ0n) is 11.7. The zero-order chi connectivity index (χ0) is 14.4. The third kappa shape index (κ3) is 3.82. The number of carbonyl (C=O) groups is 2. The Morgan fingerprint density at radius 2 is 2.15 bits per heavy atom. The first kappa shape index (κ1) is 14.6.